The first-order chi connectivity index (χ1) is 21.3. The smallest absolute Gasteiger partial charge is 0.312 e. The van der Waals surface area contributed by atoms with Crippen molar-refractivity contribution in [3.8, 4) is 0 Å². The molecule has 3 aromatic rings. The maximum absolute atomic E-state index is 14.9. The topological polar surface area (TPSA) is 127 Å². The summed E-state index contributed by atoms with van der Waals surface area (Å²) < 4.78 is 14.0. The number of hydrogen-bond donors (Lipinski definition) is 1. The number of fused-ring (bicyclic) bond motifs is 2. The van der Waals surface area contributed by atoms with Gasteiger partial charge in [0.05, 0.1) is 36.3 Å². The third kappa shape index (κ3) is 4.60. The van der Waals surface area contributed by atoms with Crippen LogP contribution in [0.25, 0.3) is 11.0 Å². The average Bonchev–Trinajstić information content (AvgIpc) is 3.77. The number of amides is 2. The van der Waals surface area contributed by atoms with E-state index < -0.39 is 41.1 Å². The zero-order chi connectivity index (χ0) is 31.1. The number of likely N-dealkylation sites (tertiary alicyclic amines) is 1. The Morgan fingerprint density at radius 2 is 1.93 bits per heavy atom. The lowest BCUT2D eigenvalue weighted by Gasteiger charge is -2.39. The van der Waals surface area contributed by atoms with Crippen molar-refractivity contribution in [2.45, 2.75) is 69.5 Å². The van der Waals surface area contributed by atoms with E-state index in [1.54, 1.807) is 22.6 Å². The van der Waals surface area contributed by atoms with E-state index in [-0.39, 0.29) is 38.2 Å². The van der Waals surface area contributed by atoms with Gasteiger partial charge in [0, 0.05) is 6.54 Å². The molecule has 0 aliphatic carbocycles. The Morgan fingerprint density at radius 3 is 2.64 bits per heavy atom. The summed E-state index contributed by atoms with van der Waals surface area (Å²) in [5, 5.41) is 19.3. The molecule has 6 atom stereocenters. The van der Waals surface area contributed by atoms with Crippen LogP contribution in [0, 0.1) is 11.8 Å². The summed E-state index contributed by atoms with van der Waals surface area (Å²) in [6.07, 6.45) is 3.40. The molecule has 3 aliphatic heterocycles. The Bertz CT molecular complexity index is 1560. The molecule has 44 heavy (non-hydrogen) atoms. The first kappa shape index (κ1) is 30.0. The van der Waals surface area contributed by atoms with Crippen LogP contribution in [0.2, 0.25) is 0 Å². The lowest BCUT2D eigenvalue weighted by Crippen LogP contribution is -2.59. The zero-order valence-corrected chi connectivity index (χ0v) is 25.2. The van der Waals surface area contributed by atoms with E-state index in [2.05, 4.69) is 16.9 Å². The largest absolute Gasteiger partial charge is 0.466 e. The molecule has 232 valence electrons. The summed E-state index contributed by atoms with van der Waals surface area (Å²) in [7, 11) is 0. The van der Waals surface area contributed by atoms with Crippen molar-refractivity contribution in [2.24, 2.45) is 11.8 Å². The maximum atomic E-state index is 14.9. The van der Waals surface area contributed by atoms with Gasteiger partial charge in [0.25, 0.3) is 0 Å². The van der Waals surface area contributed by atoms with Gasteiger partial charge in [0.1, 0.15) is 29.7 Å². The Balaban J connectivity index is 1.44. The highest BCUT2D eigenvalue weighted by Gasteiger charge is 2.79. The lowest BCUT2D eigenvalue weighted by molar-refractivity contribution is -0.163. The number of ether oxygens (including phenoxy) is 2. The van der Waals surface area contributed by atoms with Crippen LogP contribution in [-0.4, -0.2) is 90.7 Å². The van der Waals surface area contributed by atoms with E-state index in [1.807, 2.05) is 61.5 Å². The highest BCUT2D eigenvalue weighted by molar-refractivity contribution is 5.98. The summed E-state index contributed by atoms with van der Waals surface area (Å²) in [5.41, 5.74) is 0.200. The second-order valence-electron chi connectivity index (χ2n) is 11.9. The third-order valence-corrected chi connectivity index (χ3v) is 9.70. The summed E-state index contributed by atoms with van der Waals surface area (Å²) in [4.78, 5) is 46.1. The van der Waals surface area contributed by atoms with Crippen LogP contribution >= 0.6 is 0 Å². The molecule has 4 heterocycles. The molecule has 1 aromatic heterocycles. The fourth-order valence-electron chi connectivity index (χ4n) is 7.79. The molecule has 0 radical (unpaired) electrons. The molecule has 3 saturated heterocycles. The van der Waals surface area contributed by atoms with Crippen LogP contribution < -0.4 is 0 Å². The van der Waals surface area contributed by atoms with Gasteiger partial charge in [-0.05, 0) is 50.3 Å². The van der Waals surface area contributed by atoms with Crippen LogP contribution in [-0.2, 0) is 36.9 Å². The Labute approximate surface area is 256 Å². The SMILES string of the molecule is C=CCN(Cn1nnc2ccccc21)C(=O)C1N([C@@H](CO)Cc2ccccc2)C(=O)[C@@H]2[C@H](C(=O)OCC)[C@]3(CC)CCC12O3. The molecule has 3 aliphatic rings. The number of esters is 1. The quantitative estimate of drug-likeness (QED) is 0.248. The van der Waals surface area contributed by atoms with Crippen LogP contribution in [0.3, 0.4) is 0 Å². The predicted octanol–water partition coefficient (Wildman–Crippen LogP) is 2.72. The van der Waals surface area contributed by atoms with Gasteiger partial charge in [0.2, 0.25) is 11.8 Å². The van der Waals surface area contributed by atoms with Gasteiger partial charge in [-0.2, -0.15) is 0 Å². The molecule has 2 unspecified atom stereocenters. The number of benzene rings is 2. The standard InChI is InChI=1S/C33H39N5O6/c1-4-18-36(21-37-25-15-11-10-14-24(25)34-35-37)30(41)28-33-17-16-32(5-2,44-33)27(31(42)43-6-3)26(33)29(40)38(28)23(20-39)19-22-12-8-7-9-13-22/h4,7-15,23,26-28,39H,1,5-6,16-21H2,2-3H3/t23-,26+,27-,28?,32+,33?/m1/s1. The number of aromatic nitrogens is 3. The Morgan fingerprint density at radius 1 is 1.18 bits per heavy atom. The van der Waals surface area contributed by atoms with E-state index in [4.69, 9.17) is 9.47 Å². The normalized spacial score (nSPS) is 27.8. The van der Waals surface area contributed by atoms with Gasteiger partial charge >= 0.3 is 5.97 Å². The molecule has 2 aromatic carbocycles. The highest BCUT2D eigenvalue weighted by Crippen LogP contribution is 2.65. The van der Waals surface area contributed by atoms with Gasteiger partial charge in [-0.1, -0.05) is 60.7 Å². The number of carbonyl (C=O) groups excluding carboxylic acids is 3. The molecular formula is C33H39N5O6. The van der Waals surface area contributed by atoms with Gasteiger partial charge in [-0.15, -0.1) is 11.7 Å². The minimum absolute atomic E-state index is 0.0628. The molecule has 11 nitrogen and oxygen atoms in total. The number of nitrogens with zero attached hydrogens (tertiary/aromatic N) is 5. The molecular weight excluding hydrogens is 562 g/mol. The first-order valence-electron chi connectivity index (χ1n) is 15.4. The summed E-state index contributed by atoms with van der Waals surface area (Å²) in [6, 6.07) is 15.2. The first-order valence-corrected chi connectivity index (χ1v) is 15.4. The fraction of sp³-hybridized carbons (Fsp3) is 0.485. The summed E-state index contributed by atoms with van der Waals surface area (Å²) >= 11 is 0. The van der Waals surface area contributed by atoms with Gasteiger partial charge in [-0.3, -0.25) is 14.4 Å². The second-order valence-corrected chi connectivity index (χ2v) is 11.9. The fourth-order valence-corrected chi connectivity index (χ4v) is 7.79. The van der Waals surface area contributed by atoms with E-state index in [1.165, 1.54) is 4.90 Å². The van der Waals surface area contributed by atoms with Crippen LogP contribution in [0.15, 0.2) is 67.3 Å². The average molecular weight is 602 g/mol. The molecule has 0 saturated carbocycles. The van der Waals surface area contributed by atoms with Crippen molar-refractivity contribution in [1.82, 2.24) is 24.8 Å². The molecule has 2 bridgehead atoms. The van der Waals surface area contributed by atoms with Crippen LogP contribution in [0.1, 0.15) is 38.7 Å². The van der Waals surface area contributed by atoms with Crippen molar-refractivity contribution < 1.29 is 29.0 Å². The van der Waals surface area contributed by atoms with E-state index in [9.17, 15) is 19.5 Å². The number of hydrogen-bond acceptors (Lipinski definition) is 8. The second kappa shape index (κ2) is 11.8. The molecule has 11 heteroatoms. The van der Waals surface area contributed by atoms with Crippen molar-refractivity contribution >= 4 is 28.8 Å². The van der Waals surface area contributed by atoms with Gasteiger partial charge in [0.15, 0.2) is 0 Å². The van der Waals surface area contributed by atoms with Gasteiger partial charge in [-0.25, -0.2) is 4.68 Å². The number of aliphatic hydroxyl groups is 1. The van der Waals surface area contributed by atoms with E-state index >= 15 is 0 Å². The van der Waals surface area contributed by atoms with Crippen molar-refractivity contribution in [3.05, 3.63) is 72.8 Å². The third-order valence-electron chi connectivity index (χ3n) is 9.70. The molecule has 3 fully saturated rings. The predicted molar refractivity (Wildman–Crippen MR) is 161 cm³/mol. The monoisotopic (exact) mass is 601 g/mol. The molecule has 1 N–H and O–H groups in total. The highest BCUT2D eigenvalue weighted by atomic mass is 16.6. The maximum Gasteiger partial charge on any atom is 0.312 e. The van der Waals surface area contributed by atoms with Crippen LogP contribution in [0.4, 0.5) is 0 Å². The van der Waals surface area contributed by atoms with E-state index in [0.717, 1.165) is 11.1 Å². The number of aliphatic hydroxyl groups excluding tert-OH is 1. The van der Waals surface area contributed by atoms with Gasteiger partial charge < -0.3 is 24.4 Å². The number of carbonyl (C=O) groups is 3. The van der Waals surface area contributed by atoms with E-state index in [0.29, 0.717) is 31.2 Å². The van der Waals surface area contributed by atoms with Crippen LogP contribution in [0.5, 0.6) is 0 Å². The summed E-state index contributed by atoms with van der Waals surface area (Å²) in [5.74, 6) is -2.97. The molecule has 1 spiro atoms. The van der Waals surface area contributed by atoms with Crippen molar-refractivity contribution in [3.63, 3.8) is 0 Å². The zero-order valence-electron chi connectivity index (χ0n) is 25.2. The Kier molecular flexibility index (Phi) is 8.02. The minimum Gasteiger partial charge on any atom is -0.466 e. The Hall–Kier alpha value is -4.09. The minimum atomic E-state index is -1.25. The number of rotatable bonds is 12. The molecule has 6 rings (SSSR count). The van der Waals surface area contributed by atoms with Crippen molar-refractivity contribution in [1.29, 1.82) is 0 Å². The van der Waals surface area contributed by atoms with Crippen molar-refractivity contribution in [2.75, 3.05) is 19.8 Å². The molecule has 2 amide bonds. The lowest BCUT2D eigenvalue weighted by atomic mass is 9.65. The number of para-hydroxylation sites is 1. The summed E-state index contributed by atoms with van der Waals surface area (Å²) in [6.45, 7) is 7.59.